The van der Waals surface area contributed by atoms with Crippen molar-refractivity contribution in [2.24, 2.45) is 10.7 Å². The fourth-order valence-corrected chi connectivity index (χ4v) is 3.83. The van der Waals surface area contributed by atoms with Crippen LogP contribution in [0.2, 0.25) is 0 Å². The Labute approximate surface area is 164 Å². The largest absolute Gasteiger partial charge is 0.493 e. The van der Waals surface area contributed by atoms with E-state index >= 15 is 0 Å². The minimum Gasteiger partial charge on any atom is -0.493 e. The van der Waals surface area contributed by atoms with Crippen LogP contribution in [-0.4, -0.2) is 28.4 Å². The molecule has 0 amide bonds. The molecule has 142 valence electrons. The van der Waals surface area contributed by atoms with Crippen LogP contribution in [0.1, 0.15) is 35.9 Å². The van der Waals surface area contributed by atoms with Crippen molar-refractivity contribution < 1.29 is 4.74 Å². The predicted molar refractivity (Wildman–Crippen MR) is 109 cm³/mol. The number of benzene rings is 2. The van der Waals surface area contributed by atoms with Crippen molar-refractivity contribution in [1.82, 2.24) is 15.1 Å². The van der Waals surface area contributed by atoms with Crippen molar-refractivity contribution in [3.05, 3.63) is 78.1 Å². The van der Waals surface area contributed by atoms with Crippen LogP contribution in [0.5, 0.6) is 5.75 Å². The molecule has 1 aromatic heterocycles. The Morgan fingerprint density at radius 1 is 1.14 bits per heavy atom. The summed E-state index contributed by atoms with van der Waals surface area (Å²) in [5.74, 6) is 1.84. The number of aliphatic imine (C=N–C) groups is 1. The Bertz CT molecular complexity index is 997. The summed E-state index contributed by atoms with van der Waals surface area (Å²) in [4.78, 5) is 4.72. The molecule has 1 fully saturated rings. The first-order valence-electron chi connectivity index (χ1n) is 9.69. The highest BCUT2D eigenvalue weighted by atomic mass is 16.5. The average molecular weight is 373 g/mol. The van der Waals surface area contributed by atoms with E-state index < -0.39 is 0 Å². The van der Waals surface area contributed by atoms with Gasteiger partial charge in [0.15, 0.2) is 5.96 Å². The van der Waals surface area contributed by atoms with Crippen molar-refractivity contribution in [2.45, 2.75) is 30.8 Å². The molecule has 1 saturated carbocycles. The van der Waals surface area contributed by atoms with Gasteiger partial charge in [0.25, 0.3) is 0 Å². The van der Waals surface area contributed by atoms with Gasteiger partial charge in [-0.05, 0) is 30.2 Å². The fraction of sp³-hybridized carbons (Fsp3) is 0.273. The standard InChI is InChI=1S/C22H23N5O/c23-22(25-19-10-11-28-21-9-5-4-8-17(19)21)26-20-12-18(20)15-13-24-27(14-15)16-6-2-1-3-7-16/h1-9,13-14,18-20H,10-12H2,(H3,23,25,26)/t18-,19?,20+/m0/s1. The molecule has 2 heterocycles. The van der Waals surface area contributed by atoms with Gasteiger partial charge < -0.3 is 15.8 Å². The summed E-state index contributed by atoms with van der Waals surface area (Å²) in [6.07, 6.45) is 5.93. The van der Waals surface area contributed by atoms with Gasteiger partial charge in [-0.1, -0.05) is 36.4 Å². The van der Waals surface area contributed by atoms with Gasteiger partial charge in [0.05, 0.1) is 24.5 Å². The maximum atomic E-state index is 6.22. The fourth-order valence-electron chi connectivity index (χ4n) is 3.83. The molecular formula is C22H23N5O. The summed E-state index contributed by atoms with van der Waals surface area (Å²) in [5, 5.41) is 7.87. The smallest absolute Gasteiger partial charge is 0.189 e. The molecule has 1 unspecified atom stereocenters. The van der Waals surface area contributed by atoms with Crippen molar-refractivity contribution in [3.8, 4) is 11.4 Å². The number of hydrogen-bond acceptors (Lipinski definition) is 3. The van der Waals surface area contributed by atoms with Crippen LogP contribution in [0.4, 0.5) is 0 Å². The molecule has 3 aromatic rings. The number of guanidine groups is 1. The predicted octanol–water partition coefficient (Wildman–Crippen LogP) is 3.16. The van der Waals surface area contributed by atoms with Gasteiger partial charge in [0, 0.05) is 30.1 Å². The molecule has 0 saturated heterocycles. The zero-order valence-corrected chi connectivity index (χ0v) is 15.5. The molecule has 0 spiro atoms. The van der Waals surface area contributed by atoms with Crippen molar-refractivity contribution in [2.75, 3.05) is 6.61 Å². The average Bonchev–Trinajstić information content (AvgIpc) is 3.31. The van der Waals surface area contributed by atoms with Crippen LogP contribution in [-0.2, 0) is 0 Å². The van der Waals surface area contributed by atoms with E-state index in [4.69, 9.17) is 15.5 Å². The number of nitrogens with one attached hydrogen (secondary N) is 1. The topological polar surface area (TPSA) is 77.5 Å². The molecule has 5 rings (SSSR count). The summed E-state index contributed by atoms with van der Waals surface area (Å²) >= 11 is 0. The molecule has 1 aliphatic carbocycles. The molecular weight excluding hydrogens is 350 g/mol. The lowest BCUT2D eigenvalue weighted by molar-refractivity contribution is 0.269. The van der Waals surface area contributed by atoms with Crippen LogP contribution < -0.4 is 15.8 Å². The first kappa shape index (κ1) is 16.9. The normalized spacial score (nSPS) is 23.6. The van der Waals surface area contributed by atoms with Crippen molar-refractivity contribution in [1.29, 1.82) is 0 Å². The van der Waals surface area contributed by atoms with Crippen LogP contribution in [0.15, 0.2) is 72.0 Å². The Hall–Kier alpha value is -3.28. The van der Waals surface area contributed by atoms with Gasteiger partial charge in [0.1, 0.15) is 5.75 Å². The monoisotopic (exact) mass is 373 g/mol. The first-order chi connectivity index (χ1) is 13.8. The van der Waals surface area contributed by atoms with E-state index in [2.05, 4.69) is 34.8 Å². The lowest BCUT2D eigenvalue weighted by Gasteiger charge is -2.23. The molecule has 0 bridgehead atoms. The number of para-hydroxylation sites is 2. The van der Waals surface area contributed by atoms with E-state index in [1.165, 1.54) is 5.56 Å². The quantitative estimate of drug-likeness (QED) is 0.544. The summed E-state index contributed by atoms with van der Waals surface area (Å²) in [6.45, 7) is 0.670. The number of nitrogens with zero attached hydrogens (tertiary/aromatic N) is 3. The highest BCUT2D eigenvalue weighted by Crippen LogP contribution is 2.41. The van der Waals surface area contributed by atoms with E-state index in [1.54, 1.807) is 0 Å². The third kappa shape index (κ3) is 3.33. The number of nitrogens with two attached hydrogens (primary N) is 1. The van der Waals surface area contributed by atoms with Gasteiger partial charge in [-0.2, -0.15) is 5.10 Å². The number of fused-ring (bicyclic) bond motifs is 1. The highest BCUT2D eigenvalue weighted by molar-refractivity contribution is 5.79. The number of ether oxygens (including phenoxy) is 1. The number of aromatic nitrogens is 2. The zero-order valence-electron chi connectivity index (χ0n) is 15.5. The Morgan fingerprint density at radius 3 is 2.86 bits per heavy atom. The summed E-state index contributed by atoms with van der Waals surface area (Å²) in [6, 6.07) is 18.6. The van der Waals surface area contributed by atoms with Crippen LogP contribution in [0.25, 0.3) is 5.69 Å². The van der Waals surface area contributed by atoms with Gasteiger partial charge in [-0.15, -0.1) is 0 Å². The summed E-state index contributed by atoms with van der Waals surface area (Å²) < 4.78 is 7.62. The third-order valence-electron chi connectivity index (χ3n) is 5.40. The van der Waals surface area contributed by atoms with Gasteiger partial charge in [-0.3, -0.25) is 0 Å². The second-order valence-corrected chi connectivity index (χ2v) is 7.35. The van der Waals surface area contributed by atoms with E-state index in [-0.39, 0.29) is 6.04 Å². The van der Waals surface area contributed by atoms with Crippen LogP contribution >= 0.6 is 0 Å². The molecule has 3 atom stereocenters. The van der Waals surface area contributed by atoms with Gasteiger partial charge in [0.2, 0.25) is 0 Å². The number of hydrogen-bond donors (Lipinski definition) is 2. The third-order valence-corrected chi connectivity index (χ3v) is 5.40. The Morgan fingerprint density at radius 2 is 1.96 bits per heavy atom. The number of rotatable bonds is 4. The molecule has 1 aliphatic heterocycles. The molecule has 6 heteroatoms. The lowest BCUT2D eigenvalue weighted by Crippen LogP contribution is -2.35. The maximum absolute atomic E-state index is 6.22. The Kier molecular flexibility index (Phi) is 4.24. The summed E-state index contributed by atoms with van der Waals surface area (Å²) in [5.41, 5.74) is 9.62. The minimum atomic E-state index is 0.0514. The zero-order chi connectivity index (χ0) is 18.9. The molecule has 0 radical (unpaired) electrons. The van der Waals surface area contributed by atoms with Crippen molar-refractivity contribution >= 4 is 5.96 Å². The first-order valence-corrected chi connectivity index (χ1v) is 9.69. The van der Waals surface area contributed by atoms with Gasteiger partial charge in [-0.25, -0.2) is 9.67 Å². The molecule has 6 nitrogen and oxygen atoms in total. The maximum Gasteiger partial charge on any atom is 0.189 e. The second kappa shape index (κ2) is 7.03. The minimum absolute atomic E-state index is 0.0514. The summed E-state index contributed by atoms with van der Waals surface area (Å²) in [7, 11) is 0. The van der Waals surface area contributed by atoms with Gasteiger partial charge >= 0.3 is 0 Å². The van der Waals surface area contributed by atoms with E-state index in [9.17, 15) is 0 Å². The van der Waals surface area contributed by atoms with Crippen LogP contribution in [0, 0.1) is 0 Å². The molecule has 2 aromatic carbocycles. The van der Waals surface area contributed by atoms with E-state index in [0.29, 0.717) is 24.5 Å². The van der Waals surface area contributed by atoms with E-state index in [0.717, 1.165) is 29.8 Å². The molecule has 3 N–H and O–H groups in total. The van der Waals surface area contributed by atoms with Crippen LogP contribution in [0.3, 0.4) is 0 Å². The highest BCUT2D eigenvalue weighted by Gasteiger charge is 2.40. The SMILES string of the molecule is NC(=NC1CCOc2ccccc21)N[C@@H]1C[C@H]1c1cnn(-c2ccccc2)c1. The Balaban J connectivity index is 1.24. The molecule has 2 aliphatic rings. The molecule has 28 heavy (non-hydrogen) atoms. The second-order valence-electron chi connectivity index (χ2n) is 7.35. The lowest BCUT2D eigenvalue weighted by atomic mass is 10.0. The van der Waals surface area contributed by atoms with Crippen molar-refractivity contribution in [3.63, 3.8) is 0 Å². The van der Waals surface area contributed by atoms with E-state index in [1.807, 2.05) is 47.3 Å².